The van der Waals surface area contributed by atoms with Crippen LogP contribution in [0, 0.1) is 0 Å². The van der Waals surface area contributed by atoms with E-state index in [1.54, 1.807) is 18.3 Å². The number of carbonyl (C=O) groups is 1. The fourth-order valence-electron chi connectivity index (χ4n) is 3.63. The van der Waals surface area contributed by atoms with Crippen molar-refractivity contribution in [3.63, 3.8) is 0 Å². The molecule has 1 aliphatic rings. The molecule has 0 bridgehead atoms. The number of nitrogens with one attached hydrogen (secondary N) is 1. The third kappa shape index (κ3) is 3.96. The molecule has 0 spiro atoms. The maximum absolute atomic E-state index is 12.7. The molecule has 0 unspecified atom stereocenters. The molecule has 2 aromatic carbocycles. The molecular weight excluding hydrogens is 376 g/mol. The maximum atomic E-state index is 12.7. The number of hydrogen-bond donors (Lipinski definition) is 1. The van der Waals surface area contributed by atoms with E-state index >= 15 is 0 Å². The van der Waals surface area contributed by atoms with Gasteiger partial charge in [0.25, 0.3) is 5.91 Å². The molecule has 2 heterocycles. The monoisotopic (exact) mass is 396 g/mol. The van der Waals surface area contributed by atoms with Crippen molar-refractivity contribution in [2.45, 2.75) is 18.3 Å². The summed E-state index contributed by atoms with van der Waals surface area (Å²) in [6, 6.07) is 15.2. The van der Waals surface area contributed by atoms with Gasteiger partial charge in [-0.15, -0.1) is 0 Å². The molecule has 144 valence electrons. The summed E-state index contributed by atoms with van der Waals surface area (Å²) < 4.78 is 10.8. The number of hydrogen-bond acceptors (Lipinski definition) is 4. The highest BCUT2D eigenvalue weighted by atomic mass is 35.5. The van der Waals surface area contributed by atoms with Crippen LogP contribution in [0.25, 0.3) is 11.3 Å². The van der Waals surface area contributed by atoms with E-state index < -0.39 is 0 Å². The normalized spacial score (nSPS) is 15.9. The molecule has 1 aliphatic heterocycles. The number of aromatic nitrogens is 1. The van der Waals surface area contributed by atoms with Gasteiger partial charge in [0.05, 0.1) is 6.20 Å². The van der Waals surface area contributed by atoms with Gasteiger partial charge in [0, 0.05) is 41.3 Å². The topological polar surface area (TPSA) is 64.4 Å². The van der Waals surface area contributed by atoms with Crippen molar-refractivity contribution in [3.8, 4) is 11.3 Å². The SMILES string of the molecule is O=C(NCC1(c2ccc(Cl)cc2)CCOCC1)c1ccc(-c2cnco2)cc1. The first-order valence-electron chi connectivity index (χ1n) is 9.27. The zero-order valence-electron chi connectivity index (χ0n) is 15.4. The zero-order chi connectivity index (χ0) is 19.4. The zero-order valence-corrected chi connectivity index (χ0v) is 16.1. The van der Waals surface area contributed by atoms with Gasteiger partial charge in [-0.2, -0.15) is 0 Å². The summed E-state index contributed by atoms with van der Waals surface area (Å²) in [5, 5.41) is 3.82. The third-order valence-electron chi connectivity index (χ3n) is 5.36. The van der Waals surface area contributed by atoms with Crippen molar-refractivity contribution < 1.29 is 13.9 Å². The highest BCUT2D eigenvalue weighted by Crippen LogP contribution is 2.35. The summed E-state index contributed by atoms with van der Waals surface area (Å²) in [6.07, 6.45) is 4.76. The van der Waals surface area contributed by atoms with Crippen LogP contribution in [0.3, 0.4) is 0 Å². The Balaban J connectivity index is 1.47. The lowest BCUT2D eigenvalue weighted by Gasteiger charge is -2.38. The summed E-state index contributed by atoms with van der Waals surface area (Å²) in [5.74, 6) is 0.583. The lowest BCUT2D eigenvalue weighted by Crippen LogP contribution is -2.44. The van der Waals surface area contributed by atoms with Crippen LogP contribution in [0.1, 0.15) is 28.8 Å². The molecule has 0 atom stereocenters. The van der Waals surface area contributed by atoms with Gasteiger partial charge in [0.15, 0.2) is 12.2 Å². The summed E-state index contributed by atoms with van der Waals surface area (Å²) in [7, 11) is 0. The largest absolute Gasteiger partial charge is 0.444 e. The Bertz CT molecular complexity index is 915. The summed E-state index contributed by atoms with van der Waals surface area (Å²) in [5.41, 5.74) is 2.54. The summed E-state index contributed by atoms with van der Waals surface area (Å²) >= 11 is 6.05. The van der Waals surface area contributed by atoms with Gasteiger partial charge in [0.2, 0.25) is 0 Å². The molecule has 0 radical (unpaired) electrons. The van der Waals surface area contributed by atoms with E-state index in [4.69, 9.17) is 20.8 Å². The second-order valence-corrected chi connectivity index (χ2v) is 7.46. The number of ether oxygens (including phenoxy) is 1. The molecular formula is C22H21ClN2O3. The minimum atomic E-state index is -0.141. The number of benzene rings is 2. The Morgan fingerprint density at radius 2 is 1.79 bits per heavy atom. The average Bonchev–Trinajstić information content (AvgIpc) is 3.28. The van der Waals surface area contributed by atoms with Gasteiger partial charge in [-0.25, -0.2) is 4.98 Å². The Hall–Kier alpha value is -2.63. The molecule has 0 aliphatic carbocycles. The van der Waals surface area contributed by atoms with Crippen LogP contribution in [0.15, 0.2) is 65.5 Å². The van der Waals surface area contributed by atoms with Crippen LogP contribution in [0.4, 0.5) is 0 Å². The third-order valence-corrected chi connectivity index (χ3v) is 5.61. The average molecular weight is 397 g/mol. The van der Waals surface area contributed by atoms with Crippen LogP contribution >= 0.6 is 11.6 Å². The molecule has 5 nitrogen and oxygen atoms in total. The van der Waals surface area contributed by atoms with Gasteiger partial charge in [-0.3, -0.25) is 4.79 Å². The molecule has 0 saturated carbocycles. The molecule has 1 amide bonds. The molecule has 1 saturated heterocycles. The first-order valence-corrected chi connectivity index (χ1v) is 9.65. The van der Waals surface area contributed by atoms with E-state index in [0.29, 0.717) is 36.1 Å². The summed E-state index contributed by atoms with van der Waals surface area (Å²) in [4.78, 5) is 16.6. The molecule has 1 fully saturated rings. The van der Waals surface area contributed by atoms with Crippen LogP contribution < -0.4 is 5.32 Å². The van der Waals surface area contributed by atoms with Gasteiger partial charge in [-0.05, 0) is 42.7 Å². The number of amides is 1. The van der Waals surface area contributed by atoms with E-state index in [1.807, 2.05) is 36.4 Å². The van der Waals surface area contributed by atoms with Crippen LogP contribution in [0.5, 0.6) is 0 Å². The van der Waals surface area contributed by atoms with Gasteiger partial charge in [-0.1, -0.05) is 35.9 Å². The minimum absolute atomic E-state index is 0.0936. The molecule has 1 aromatic heterocycles. The highest BCUT2D eigenvalue weighted by Gasteiger charge is 2.34. The quantitative estimate of drug-likeness (QED) is 0.690. The Morgan fingerprint density at radius 3 is 2.43 bits per heavy atom. The van der Waals surface area contributed by atoms with E-state index in [-0.39, 0.29) is 11.3 Å². The standard InChI is InChI=1S/C22H21ClN2O3/c23-19-7-5-18(6-8-19)22(9-11-27-12-10-22)14-25-21(26)17-3-1-16(2-4-17)20-13-24-15-28-20/h1-8,13,15H,9-12,14H2,(H,25,26). The number of rotatable bonds is 5. The van der Waals surface area contributed by atoms with Crippen LogP contribution in [-0.4, -0.2) is 30.6 Å². The molecule has 4 rings (SSSR count). The molecule has 28 heavy (non-hydrogen) atoms. The summed E-state index contributed by atoms with van der Waals surface area (Å²) in [6.45, 7) is 1.93. The van der Waals surface area contributed by atoms with Gasteiger partial charge < -0.3 is 14.5 Å². The van der Waals surface area contributed by atoms with E-state index in [0.717, 1.165) is 18.4 Å². The molecule has 1 N–H and O–H groups in total. The predicted octanol–water partition coefficient (Wildman–Crippen LogP) is 4.47. The van der Waals surface area contributed by atoms with Crippen LogP contribution in [-0.2, 0) is 10.2 Å². The number of nitrogens with zero attached hydrogens (tertiary/aromatic N) is 1. The Kier molecular flexibility index (Phi) is 5.46. The Morgan fingerprint density at radius 1 is 1.07 bits per heavy atom. The van der Waals surface area contributed by atoms with E-state index in [1.165, 1.54) is 12.0 Å². The highest BCUT2D eigenvalue weighted by molar-refractivity contribution is 6.30. The lowest BCUT2D eigenvalue weighted by atomic mass is 9.74. The smallest absolute Gasteiger partial charge is 0.251 e. The minimum Gasteiger partial charge on any atom is -0.444 e. The van der Waals surface area contributed by atoms with Crippen molar-refractivity contribution in [2.75, 3.05) is 19.8 Å². The van der Waals surface area contributed by atoms with E-state index in [2.05, 4.69) is 10.3 Å². The van der Waals surface area contributed by atoms with Crippen LogP contribution in [0.2, 0.25) is 5.02 Å². The first-order chi connectivity index (χ1) is 13.7. The second-order valence-electron chi connectivity index (χ2n) is 7.03. The van der Waals surface area contributed by atoms with Crippen molar-refractivity contribution in [2.24, 2.45) is 0 Å². The van der Waals surface area contributed by atoms with Crippen molar-refractivity contribution in [1.82, 2.24) is 10.3 Å². The van der Waals surface area contributed by atoms with E-state index in [9.17, 15) is 4.79 Å². The fraction of sp³-hybridized carbons (Fsp3) is 0.273. The Labute approximate surface area is 168 Å². The number of halogens is 1. The van der Waals surface area contributed by atoms with Crippen molar-refractivity contribution in [1.29, 1.82) is 0 Å². The lowest BCUT2D eigenvalue weighted by molar-refractivity contribution is 0.0487. The maximum Gasteiger partial charge on any atom is 0.251 e. The molecule has 6 heteroatoms. The van der Waals surface area contributed by atoms with Crippen molar-refractivity contribution in [3.05, 3.63) is 77.3 Å². The predicted molar refractivity (Wildman–Crippen MR) is 107 cm³/mol. The van der Waals surface area contributed by atoms with Gasteiger partial charge >= 0.3 is 0 Å². The number of carbonyl (C=O) groups excluding carboxylic acids is 1. The first kappa shape index (κ1) is 18.7. The second kappa shape index (κ2) is 8.17. The van der Waals surface area contributed by atoms with Crippen molar-refractivity contribution >= 4 is 17.5 Å². The number of oxazole rings is 1. The van der Waals surface area contributed by atoms with Gasteiger partial charge in [0.1, 0.15) is 0 Å². The molecule has 3 aromatic rings. The fourth-order valence-corrected chi connectivity index (χ4v) is 3.75.